The molecule has 0 aliphatic rings. The highest BCUT2D eigenvalue weighted by molar-refractivity contribution is 6.30. The number of aromatic nitrogens is 1. The Labute approximate surface area is 263 Å². The summed E-state index contributed by atoms with van der Waals surface area (Å²) in [6.07, 6.45) is 8.08. The molecule has 0 bridgehead atoms. The van der Waals surface area contributed by atoms with E-state index >= 15 is 0 Å². The van der Waals surface area contributed by atoms with Gasteiger partial charge in [-0.05, 0) is 37.1 Å². The van der Waals surface area contributed by atoms with Crippen molar-refractivity contribution in [3.8, 4) is 11.9 Å². The Hall–Kier alpha value is -3.67. The summed E-state index contributed by atoms with van der Waals surface area (Å²) in [6.45, 7) is 4.28. The van der Waals surface area contributed by atoms with Crippen LogP contribution in [0, 0.1) is 11.5 Å². The van der Waals surface area contributed by atoms with Crippen LogP contribution in [0.1, 0.15) is 25.7 Å². The maximum Gasteiger partial charge on any atom is 0.513 e. The van der Waals surface area contributed by atoms with Crippen molar-refractivity contribution in [3.63, 3.8) is 0 Å². The zero-order chi connectivity index (χ0) is 31.7. The van der Waals surface area contributed by atoms with E-state index in [0.29, 0.717) is 57.8 Å². The van der Waals surface area contributed by atoms with Crippen LogP contribution in [0.3, 0.4) is 0 Å². The molecule has 1 aromatic carbocycles. The van der Waals surface area contributed by atoms with Gasteiger partial charge in [0.25, 0.3) is 6.73 Å². The lowest BCUT2D eigenvalue weighted by molar-refractivity contribution is -0.727. The number of aliphatic imine (C=N–C) groups is 1. The van der Waals surface area contributed by atoms with Crippen molar-refractivity contribution in [3.05, 3.63) is 53.8 Å². The molecule has 0 saturated carbocycles. The highest BCUT2D eigenvalue weighted by Gasteiger charge is 2.14. The van der Waals surface area contributed by atoms with Gasteiger partial charge in [-0.15, -0.1) is 4.99 Å². The molecule has 2 N–H and O–H groups in total. The molecule has 0 fully saturated rings. The normalized spacial score (nSPS) is 11.2. The first-order chi connectivity index (χ1) is 21.5. The maximum atomic E-state index is 11.9. The maximum absolute atomic E-state index is 11.9. The molecule has 2 rings (SSSR count). The topological polar surface area (TPSA) is 151 Å². The Morgan fingerprint density at radius 3 is 2.11 bits per heavy atom. The Morgan fingerprint density at radius 2 is 1.48 bits per heavy atom. The molecule has 2 aromatic rings. The van der Waals surface area contributed by atoms with Crippen LogP contribution in [0.25, 0.3) is 0 Å². The predicted molar refractivity (Wildman–Crippen MR) is 163 cm³/mol. The molecule has 14 heteroatoms. The van der Waals surface area contributed by atoms with Crippen LogP contribution >= 0.6 is 11.6 Å². The first kappa shape index (κ1) is 36.5. The van der Waals surface area contributed by atoms with E-state index in [4.69, 9.17) is 55.8 Å². The zero-order valence-electron chi connectivity index (χ0n) is 25.2. The van der Waals surface area contributed by atoms with Gasteiger partial charge in [0, 0.05) is 30.8 Å². The minimum absolute atomic E-state index is 0.0415. The number of carbonyl (C=O) groups is 1. The number of carbonyl (C=O) groups excluding carboxylic acids is 1. The van der Waals surface area contributed by atoms with Gasteiger partial charge >= 0.3 is 6.16 Å². The monoisotopic (exact) mass is 636 g/mol. The first-order valence-corrected chi connectivity index (χ1v) is 14.8. The van der Waals surface area contributed by atoms with Gasteiger partial charge in [0.1, 0.15) is 12.4 Å². The Morgan fingerprint density at radius 1 is 0.864 bits per heavy atom. The molecule has 0 atom stereocenters. The van der Waals surface area contributed by atoms with Crippen molar-refractivity contribution >= 4 is 29.4 Å². The lowest BCUT2D eigenvalue weighted by Gasteiger charge is -2.22. The van der Waals surface area contributed by atoms with Crippen LogP contribution in [0.2, 0.25) is 5.02 Å². The average Bonchev–Trinajstić information content (AvgIpc) is 3.03. The van der Waals surface area contributed by atoms with Crippen molar-refractivity contribution in [1.82, 2.24) is 0 Å². The van der Waals surface area contributed by atoms with E-state index in [9.17, 15) is 4.79 Å². The lowest BCUT2D eigenvalue weighted by atomic mass is 10.2. The van der Waals surface area contributed by atoms with Gasteiger partial charge < -0.3 is 43.8 Å². The number of nitrogens with two attached hydrogens (primary N) is 1. The summed E-state index contributed by atoms with van der Waals surface area (Å²) in [5, 5.41) is 9.67. The van der Waals surface area contributed by atoms with Crippen molar-refractivity contribution in [1.29, 1.82) is 5.26 Å². The molecule has 44 heavy (non-hydrogen) atoms. The van der Waals surface area contributed by atoms with Crippen molar-refractivity contribution in [2.75, 3.05) is 78.0 Å². The fourth-order valence-corrected chi connectivity index (χ4v) is 3.81. The Bertz CT molecular complexity index is 1120. The number of methoxy groups -OCH3 is 1. The predicted octanol–water partition coefficient (Wildman–Crippen LogP) is 3.68. The minimum Gasteiger partial charge on any atom is -0.494 e. The van der Waals surface area contributed by atoms with E-state index in [1.54, 1.807) is 59.4 Å². The SMILES string of the molecule is COCCOCCOCCOCCOC(=O)OC[n+]1ccc(N(CCCCCCOc2ccc(Cl)cc2)C(N)=NC#N)cc1. The Kier molecular flexibility index (Phi) is 19.7. The number of nitrogens with zero attached hydrogens (tertiary/aromatic N) is 4. The molecule has 242 valence electrons. The number of hydrogen-bond acceptors (Lipinski definition) is 10. The number of halogens is 1. The largest absolute Gasteiger partial charge is 0.513 e. The molecular weight excluding hydrogens is 594 g/mol. The number of hydrogen-bond donors (Lipinski definition) is 1. The standard InChI is InChI=1S/C30H43ClN5O8/c1-38-16-17-39-18-19-40-20-21-41-22-23-43-30(37)44-25-35-13-10-27(11-14-35)36(29(33)34-24-32)12-4-2-3-5-15-42-28-8-6-26(31)7-9-28/h6-11,13-14H,2-5,12,15-23,25H2,1H3,(H2,33,34)/q+1. The van der Waals surface area contributed by atoms with Crippen LogP contribution in [0.4, 0.5) is 10.5 Å². The lowest BCUT2D eigenvalue weighted by Crippen LogP contribution is -2.40. The van der Waals surface area contributed by atoms with E-state index in [0.717, 1.165) is 37.1 Å². The van der Waals surface area contributed by atoms with Gasteiger partial charge in [-0.2, -0.15) is 9.83 Å². The van der Waals surface area contributed by atoms with E-state index < -0.39 is 6.16 Å². The molecule has 0 spiro atoms. The summed E-state index contributed by atoms with van der Waals surface area (Å²) in [4.78, 5) is 17.4. The molecule has 0 aliphatic heterocycles. The van der Waals surface area contributed by atoms with Crippen LogP contribution < -0.4 is 19.9 Å². The Balaban J connectivity index is 1.61. The fraction of sp³-hybridized carbons (Fsp3) is 0.533. The van der Waals surface area contributed by atoms with Gasteiger partial charge in [-0.3, -0.25) is 0 Å². The van der Waals surface area contributed by atoms with Crippen molar-refractivity contribution in [2.45, 2.75) is 32.4 Å². The van der Waals surface area contributed by atoms with E-state index in [2.05, 4.69) is 4.99 Å². The van der Waals surface area contributed by atoms with Crippen LogP contribution in [-0.4, -0.2) is 85.2 Å². The minimum atomic E-state index is -0.805. The van der Waals surface area contributed by atoms with E-state index in [-0.39, 0.29) is 25.9 Å². The molecule has 0 saturated heterocycles. The summed E-state index contributed by atoms with van der Waals surface area (Å²) in [5.41, 5.74) is 6.81. The third-order valence-electron chi connectivity index (χ3n) is 5.94. The third-order valence-corrected chi connectivity index (χ3v) is 6.19. The molecule has 0 unspecified atom stereocenters. The molecule has 13 nitrogen and oxygen atoms in total. The summed E-state index contributed by atoms with van der Waals surface area (Å²) in [6, 6.07) is 10.9. The second-order valence-electron chi connectivity index (χ2n) is 9.21. The number of nitriles is 1. The number of ether oxygens (including phenoxy) is 7. The molecule has 0 amide bonds. The molecule has 0 aliphatic carbocycles. The molecular formula is C30H43ClN5O8+. The molecule has 1 aromatic heterocycles. The highest BCUT2D eigenvalue weighted by atomic mass is 35.5. The molecule has 0 radical (unpaired) electrons. The second-order valence-corrected chi connectivity index (χ2v) is 9.65. The highest BCUT2D eigenvalue weighted by Crippen LogP contribution is 2.17. The zero-order valence-corrected chi connectivity index (χ0v) is 26.0. The van der Waals surface area contributed by atoms with Crippen LogP contribution in [0.5, 0.6) is 5.75 Å². The number of benzene rings is 1. The van der Waals surface area contributed by atoms with E-state index in [1.807, 2.05) is 12.1 Å². The quantitative estimate of drug-likeness (QED) is 0.0475. The van der Waals surface area contributed by atoms with Gasteiger partial charge in [-0.25, -0.2) is 4.79 Å². The van der Waals surface area contributed by atoms with Crippen molar-refractivity contribution in [2.24, 2.45) is 10.7 Å². The first-order valence-electron chi connectivity index (χ1n) is 14.4. The number of anilines is 1. The summed E-state index contributed by atoms with van der Waals surface area (Å²) < 4.78 is 38.4. The molecule has 1 heterocycles. The fourth-order valence-electron chi connectivity index (χ4n) is 3.69. The van der Waals surface area contributed by atoms with Gasteiger partial charge in [0.15, 0.2) is 12.4 Å². The van der Waals surface area contributed by atoms with E-state index in [1.165, 1.54) is 0 Å². The summed E-state index contributed by atoms with van der Waals surface area (Å²) in [7, 11) is 1.62. The van der Waals surface area contributed by atoms with Gasteiger partial charge in [-0.1, -0.05) is 24.4 Å². The van der Waals surface area contributed by atoms with Crippen LogP contribution in [0.15, 0.2) is 53.8 Å². The summed E-state index contributed by atoms with van der Waals surface area (Å²) in [5.74, 6) is 0.904. The smallest absolute Gasteiger partial charge is 0.494 e. The van der Waals surface area contributed by atoms with Crippen molar-refractivity contribution < 1.29 is 42.5 Å². The third kappa shape index (κ3) is 16.8. The number of guanidine groups is 1. The van der Waals surface area contributed by atoms with Gasteiger partial charge in [0.2, 0.25) is 12.2 Å². The average molecular weight is 637 g/mol. The number of rotatable bonds is 23. The van der Waals surface area contributed by atoms with Crippen LogP contribution in [-0.2, 0) is 35.2 Å². The van der Waals surface area contributed by atoms with Gasteiger partial charge in [0.05, 0.1) is 58.5 Å². The summed E-state index contributed by atoms with van der Waals surface area (Å²) >= 11 is 5.89. The number of pyridine rings is 1. The second kappa shape index (κ2) is 23.7. The number of unbranched alkanes of at least 4 members (excludes halogenated alkanes) is 3.